The average Bonchev–Trinajstić information content (AvgIpc) is 3.16. The predicted octanol–water partition coefficient (Wildman–Crippen LogP) is 2.57. The highest BCUT2D eigenvalue weighted by molar-refractivity contribution is 7.08. The summed E-state index contributed by atoms with van der Waals surface area (Å²) in [6.07, 6.45) is 0. The maximum Gasteiger partial charge on any atom is 0.342 e. The standard InChI is InChI=1S/C14H10N2O5S/c17-9-1-2-10(11(18)5-9)14(19)20-6-12-15-13(16-21-12)8-3-4-22-7-8/h1-5,7,17-18H,6H2. The molecular formula is C14H10N2O5S. The molecule has 0 spiro atoms. The summed E-state index contributed by atoms with van der Waals surface area (Å²) in [6.45, 7) is -0.212. The van der Waals surface area contributed by atoms with Crippen molar-refractivity contribution in [3.8, 4) is 22.9 Å². The number of benzene rings is 1. The van der Waals surface area contributed by atoms with Crippen molar-refractivity contribution < 1.29 is 24.3 Å². The van der Waals surface area contributed by atoms with Crippen molar-refractivity contribution in [2.75, 3.05) is 0 Å². The number of hydrogen-bond donors (Lipinski definition) is 2. The maximum absolute atomic E-state index is 11.8. The minimum Gasteiger partial charge on any atom is -0.508 e. The second-order valence-corrected chi connectivity index (χ2v) is 5.08. The second-order valence-electron chi connectivity index (χ2n) is 4.30. The Morgan fingerprint density at radius 2 is 2.18 bits per heavy atom. The first-order chi connectivity index (χ1) is 10.6. The summed E-state index contributed by atoms with van der Waals surface area (Å²) in [5.41, 5.74) is 0.762. The van der Waals surface area contributed by atoms with Gasteiger partial charge in [-0.15, -0.1) is 0 Å². The average molecular weight is 318 g/mol. The fourth-order valence-electron chi connectivity index (χ4n) is 1.72. The van der Waals surface area contributed by atoms with Crippen LogP contribution in [-0.2, 0) is 11.3 Å². The highest BCUT2D eigenvalue weighted by Gasteiger charge is 2.15. The van der Waals surface area contributed by atoms with Crippen LogP contribution in [-0.4, -0.2) is 26.3 Å². The van der Waals surface area contributed by atoms with Crippen LogP contribution in [0.25, 0.3) is 11.4 Å². The third kappa shape index (κ3) is 2.91. The number of rotatable bonds is 4. The van der Waals surface area contributed by atoms with Crippen LogP contribution in [0.15, 0.2) is 39.5 Å². The molecule has 3 rings (SSSR count). The van der Waals surface area contributed by atoms with Gasteiger partial charge < -0.3 is 19.5 Å². The van der Waals surface area contributed by atoms with E-state index in [0.29, 0.717) is 5.82 Å². The van der Waals surface area contributed by atoms with Crippen LogP contribution in [0.5, 0.6) is 11.5 Å². The highest BCUT2D eigenvalue weighted by atomic mass is 32.1. The Labute approximate surface area is 128 Å². The number of aromatic hydroxyl groups is 2. The number of aromatic nitrogens is 2. The zero-order valence-corrected chi connectivity index (χ0v) is 11.9. The van der Waals surface area contributed by atoms with Gasteiger partial charge in [-0.1, -0.05) is 5.16 Å². The zero-order chi connectivity index (χ0) is 15.5. The molecule has 0 radical (unpaired) electrons. The summed E-state index contributed by atoms with van der Waals surface area (Å²) in [7, 11) is 0. The molecule has 0 aliphatic heterocycles. The second kappa shape index (κ2) is 5.86. The first-order valence-electron chi connectivity index (χ1n) is 6.18. The third-order valence-corrected chi connectivity index (χ3v) is 3.46. The Bertz CT molecular complexity index is 797. The van der Waals surface area contributed by atoms with Crippen molar-refractivity contribution >= 4 is 17.3 Å². The Hall–Kier alpha value is -2.87. The Balaban J connectivity index is 1.66. The molecule has 0 amide bonds. The Morgan fingerprint density at radius 1 is 1.32 bits per heavy atom. The van der Waals surface area contributed by atoms with Gasteiger partial charge in [-0.2, -0.15) is 16.3 Å². The van der Waals surface area contributed by atoms with Crippen molar-refractivity contribution in [1.82, 2.24) is 10.1 Å². The van der Waals surface area contributed by atoms with E-state index in [9.17, 15) is 15.0 Å². The van der Waals surface area contributed by atoms with Gasteiger partial charge in [-0.3, -0.25) is 0 Å². The van der Waals surface area contributed by atoms with Crippen LogP contribution in [0.1, 0.15) is 16.2 Å². The predicted molar refractivity (Wildman–Crippen MR) is 76.5 cm³/mol. The Morgan fingerprint density at radius 3 is 2.91 bits per heavy atom. The van der Waals surface area contributed by atoms with Crippen LogP contribution < -0.4 is 0 Å². The number of hydrogen-bond acceptors (Lipinski definition) is 8. The van der Waals surface area contributed by atoms with Crippen molar-refractivity contribution in [3.05, 3.63) is 46.5 Å². The SMILES string of the molecule is O=C(OCc1nc(-c2ccsc2)no1)c1ccc(O)cc1O. The van der Waals surface area contributed by atoms with Crippen LogP contribution in [0.3, 0.4) is 0 Å². The molecule has 0 fully saturated rings. The lowest BCUT2D eigenvalue weighted by Crippen LogP contribution is -2.05. The lowest BCUT2D eigenvalue weighted by Gasteiger charge is -2.04. The van der Waals surface area contributed by atoms with E-state index in [1.165, 1.54) is 23.5 Å². The number of phenols is 2. The van der Waals surface area contributed by atoms with Gasteiger partial charge in [0.05, 0.1) is 0 Å². The van der Waals surface area contributed by atoms with E-state index in [4.69, 9.17) is 9.26 Å². The fraction of sp³-hybridized carbons (Fsp3) is 0.0714. The molecule has 0 aliphatic carbocycles. The fourth-order valence-corrected chi connectivity index (χ4v) is 2.35. The van der Waals surface area contributed by atoms with Gasteiger partial charge in [0.15, 0.2) is 6.61 Å². The van der Waals surface area contributed by atoms with Crippen molar-refractivity contribution in [1.29, 1.82) is 0 Å². The number of carbonyl (C=O) groups is 1. The molecule has 2 aromatic heterocycles. The number of esters is 1. The molecule has 8 heteroatoms. The molecule has 0 atom stereocenters. The topological polar surface area (TPSA) is 106 Å². The molecule has 2 N–H and O–H groups in total. The monoisotopic (exact) mass is 318 g/mol. The molecule has 2 heterocycles. The van der Waals surface area contributed by atoms with Crippen LogP contribution in [0, 0.1) is 0 Å². The zero-order valence-electron chi connectivity index (χ0n) is 11.1. The van der Waals surface area contributed by atoms with E-state index < -0.39 is 5.97 Å². The van der Waals surface area contributed by atoms with Crippen LogP contribution in [0.2, 0.25) is 0 Å². The van der Waals surface area contributed by atoms with Gasteiger partial charge in [0.1, 0.15) is 17.1 Å². The van der Waals surface area contributed by atoms with Crippen molar-refractivity contribution in [3.63, 3.8) is 0 Å². The minimum absolute atomic E-state index is 0.0598. The summed E-state index contributed by atoms with van der Waals surface area (Å²) >= 11 is 1.51. The third-order valence-electron chi connectivity index (χ3n) is 2.78. The molecule has 0 saturated carbocycles. The largest absolute Gasteiger partial charge is 0.508 e. The molecular weight excluding hydrogens is 308 g/mol. The van der Waals surface area contributed by atoms with Gasteiger partial charge in [-0.05, 0) is 23.6 Å². The smallest absolute Gasteiger partial charge is 0.342 e. The summed E-state index contributed by atoms with van der Waals surface area (Å²) in [5.74, 6) is -0.707. The first-order valence-corrected chi connectivity index (χ1v) is 7.12. The van der Waals surface area contributed by atoms with E-state index in [1.807, 2.05) is 16.8 Å². The molecule has 22 heavy (non-hydrogen) atoms. The van der Waals surface area contributed by atoms with Gasteiger partial charge in [0.2, 0.25) is 5.82 Å². The van der Waals surface area contributed by atoms with E-state index in [0.717, 1.165) is 11.6 Å². The number of carbonyl (C=O) groups excluding carboxylic acids is 1. The van der Waals surface area contributed by atoms with Crippen LogP contribution >= 0.6 is 11.3 Å². The van der Waals surface area contributed by atoms with Crippen molar-refractivity contribution in [2.24, 2.45) is 0 Å². The highest BCUT2D eigenvalue weighted by Crippen LogP contribution is 2.24. The van der Waals surface area contributed by atoms with Crippen LogP contribution in [0.4, 0.5) is 0 Å². The molecule has 0 bridgehead atoms. The number of thiophene rings is 1. The molecule has 0 saturated heterocycles. The van der Waals surface area contributed by atoms with Crippen molar-refractivity contribution in [2.45, 2.75) is 6.61 Å². The van der Waals surface area contributed by atoms with Gasteiger partial charge in [-0.25, -0.2) is 4.79 Å². The lowest BCUT2D eigenvalue weighted by molar-refractivity contribution is 0.0426. The summed E-state index contributed by atoms with van der Waals surface area (Å²) in [6, 6.07) is 5.44. The van der Waals surface area contributed by atoms with Gasteiger partial charge in [0.25, 0.3) is 5.89 Å². The first kappa shape index (κ1) is 14.1. The quantitative estimate of drug-likeness (QED) is 0.712. The maximum atomic E-state index is 11.8. The number of phenolic OH excluding ortho intramolecular Hbond substituents is 2. The summed E-state index contributed by atoms with van der Waals surface area (Å²) < 4.78 is 9.98. The minimum atomic E-state index is -0.757. The van der Waals surface area contributed by atoms with Gasteiger partial charge >= 0.3 is 5.97 Å². The molecule has 3 aromatic rings. The normalized spacial score (nSPS) is 10.5. The number of nitrogens with zero attached hydrogens (tertiary/aromatic N) is 2. The van der Waals surface area contributed by atoms with E-state index in [-0.39, 0.29) is 29.6 Å². The summed E-state index contributed by atoms with van der Waals surface area (Å²) in [4.78, 5) is 15.9. The molecule has 1 aromatic carbocycles. The van der Waals surface area contributed by atoms with E-state index in [2.05, 4.69) is 10.1 Å². The van der Waals surface area contributed by atoms with E-state index in [1.54, 1.807) is 0 Å². The molecule has 0 aliphatic rings. The Kier molecular flexibility index (Phi) is 3.75. The number of ether oxygens (including phenoxy) is 1. The van der Waals surface area contributed by atoms with Gasteiger partial charge in [0, 0.05) is 17.0 Å². The molecule has 0 unspecified atom stereocenters. The molecule has 112 valence electrons. The summed E-state index contributed by atoms with van der Waals surface area (Å²) in [5, 5.41) is 26.3. The lowest BCUT2D eigenvalue weighted by atomic mass is 10.2. The van der Waals surface area contributed by atoms with E-state index >= 15 is 0 Å². The molecule has 7 nitrogen and oxygen atoms in total.